The summed E-state index contributed by atoms with van der Waals surface area (Å²) < 4.78 is 13.1. The first kappa shape index (κ1) is 11.6. The van der Waals surface area contributed by atoms with E-state index in [-0.39, 0.29) is 11.9 Å². The second kappa shape index (κ2) is 4.93. The van der Waals surface area contributed by atoms with E-state index >= 15 is 0 Å². The fourth-order valence-corrected chi connectivity index (χ4v) is 2.53. The number of rotatable bonds is 3. The minimum absolute atomic E-state index is 0.0834. The van der Waals surface area contributed by atoms with E-state index in [1.165, 1.54) is 5.56 Å². The lowest BCUT2D eigenvalue weighted by molar-refractivity contribution is 0.389. The highest BCUT2D eigenvalue weighted by Crippen LogP contribution is 2.28. The smallest absolute Gasteiger partial charge is 0.123 e. The van der Waals surface area contributed by atoms with Crippen LogP contribution in [0.5, 0.6) is 0 Å². The van der Waals surface area contributed by atoms with Crippen LogP contribution in [0.25, 0.3) is 0 Å². The van der Waals surface area contributed by atoms with E-state index < -0.39 is 0 Å². The SMILES string of the molecule is NCC(N)CC1CCc2ccc(F)cc2C1. The molecular weight excluding hydrogens is 203 g/mol. The Labute approximate surface area is 95.8 Å². The predicted molar refractivity (Wildman–Crippen MR) is 63.6 cm³/mol. The van der Waals surface area contributed by atoms with Gasteiger partial charge in [0.2, 0.25) is 0 Å². The number of aryl methyl sites for hydroxylation is 1. The second-order valence-electron chi connectivity index (χ2n) is 4.75. The quantitative estimate of drug-likeness (QED) is 0.816. The normalized spacial score (nSPS) is 21.6. The van der Waals surface area contributed by atoms with E-state index in [4.69, 9.17) is 11.5 Å². The number of fused-ring (bicyclic) bond motifs is 1. The van der Waals surface area contributed by atoms with Crippen molar-refractivity contribution in [1.29, 1.82) is 0 Å². The van der Waals surface area contributed by atoms with Crippen LogP contribution in [0.2, 0.25) is 0 Å². The van der Waals surface area contributed by atoms with Crippen molar-refractivity contribution in [2.45, 2.75) is 31.7 Å². The summed E-state index contributed by atoms with van der Waals surface area (Å²) in [5.74, 6) is 0.426. The third-order valence-electron chi connectivity index (χ3n) is 3.44. The van der Waals surface area contributed by atoms with Crippen LogP contribution in [-0.4, -0.2) is 12.6 Å². The summed E-state index contributed by atoms with van der Waals surface area (Å²) in [7, 11) is 0. The van der Waals surface area contributed by atoms with E-state index in [0.717, 1.165) is 31.2 Å². The lowest BCUT2D eigenvalue weighted by atomic mass is 9.81. The van der Waals surface area contributed by atoms with Crippen LogP contribution in [0.3, 0.4) is 0 Å². The van der Waals surface area contributed by atoms with E-state index in [9.17, 15) is 4.39 Å². The lowest BCUT2D eigenvalue weighted by Crippen LogP contribution is -2.33. The molecule has 2 nitrogen and oxygen atoms in total. The molecule has 0 heterocycles. The van der Waals surface area contributed by atoms with Gasteiger partial charge in [0.25, 0.3) is 0 Å². The molecule has 4 N–H and O–H groups in total. The number of hydrogen-bond acceptors (Lipinski definition) is 2. The van der Waals surface area contributed by atoms with E-state index in [1.54, 1.807) is 12.1 Å². The van der Waals surface area contributed by atoms with Crippen LogP contribution in [0, 0.1) is 11.7 Å². The van der Waals surface area contributed by atoms with Gasteiger partial charge in [-0.05, 0) is 54.9 Å². The first-order chi connectivity index (χ1) is 7.69. The molecular formula is C13H19FN2. The summed E-state index contributed by atoms with van der Waals surface area (Å²) in [5, 5.41) is 0. The maximum absolute atomic E-state index is 13.1. The van der Waals surface area contributed by atoms with Crippen molar-refractivity contribution < 1.29 is 4.39 Å². The second-order valence-corrected chi connectivity index (χ2v) is 4.75. The molecule has 0 spiro atoms. The zero-order valence-corrected chi connectivity index (χ0v) is 9.45. The maximum Gasteiger partial charge on any atom is 0.123 e. The van der Waals surface area contributed by atoms with Gasteiger partial charge in [0, 0.05) is 12.6 Å². The van der Waals surface area contributed by atoms with Gasteiger partial charge in [-0.1, -0.05) is 6.07 Å². The highest BCUT2D eigenvalue weighted by atomic mass is 19.1. The molecule has 88 valence electrons. The monoisotopic (exact) mass is 222 g/mol. The Balaban J connectivity index is 2.05. The molecule has 1 aliphatic carbocycles. The summed E-state index contributed by atoms with van der Waals surface area (Å²) >= 11 is 0. The van der Waals surface area contributed by atoms with Crippen molar-refractivity contribution in [2.24, 2.45) is 17.4 Å². The third-order valence-corrected chi connectivity index (χ3v) is 3.44. The fourth-order valence-electron chi connectivity index (χ4n) is 2.53. The average Bonchev–Trinajstić information content (AvgIpc) is 2.28. The van der Waals surface area contributed by atoms with Crippen molar-refractivity contribution >= 4 is 0 Å². The summed E-state index contributed by atoms with van der Waals surface area (Å²) in [6, 6.07) is 5.20. The first-order valence-corrected chi connectivity index (χ1v) is 5.92. The van der Waals surface area contributed by atoms with Gasteiger partial charge in [-0.2, -0.15) is 0 Å². The zero-order valence-electron chi connectivity index (χ0n) is 9.45. The topological polar surface area (TPSA) is 52.0 Å². The number of benzene rings is 1. The molecule has 1 aromatic carbocycles. The van der Waals surface area contributed by atoms with E-state index in [0.29, 0.717) is 12.5 Å². The Hall–Kier alpha value is -0.930. The minimum atomic E-state index is -0.137. The third kappa shape index (κ3) is 2.60. The molecule has 2 atom stereocenters. The van der Waals surface area contributed by atoms with Gasteiger partial charge < -0.3 is 11.5 Å². The molecule has 1 aliphatic rings. The standard InChI is InChI=1S/C13H19FN2/c14-12-4-3-10-2-1-9(5-11(10)7-12)6-13(16)8-15/h3-4,7,9,13H,1-2,5-6,8,15-16H2. The molecule has 0 radical (unpaired) electrons. The Morgan fingerprint density at radius 2 is 2.19 bits per heavy atom. The Kier molecular flexibility index (Phi) is 3.56. The largest absolute Gasteiger partial charge is 0.329 e. The summed E-state index contributed by atoms with van der Waals surface area (Å²) in [6.07, 6.45) is 4.08. The van der Waals surface area contributed by atoms with Crippen LogP contribution >= 0.6 is 0 Å². The highest BCUT2D eigenvalue weighted by Gasteiger charge is 2.20. The van der Waals surface area contributed by atoms with Gasteiger partial charge in [0.15, 0.2) is 0 Å². The van der Waals surface area contributed by atoms with Gasteiger partial charge in [-0.15, -0.1) is 0 Å². The van der Waals surface area contributed by atoms with Gasteiger partial charge in [-0.25, -0.2) is 4.39 Å². The van der Waals surface area contributed by atoms with Gasteiger partial charge >= 0.3 is 0 Å². The molecule has 0 bridgehead atoms. The van der Waals surface area contributed by atoms with Gasteiger partial charge in [0.05, 0.1) is 0 Å². The van der Waals surface area contributed by atoms with Crippen LogP contribution in [0.1, 0.15) is 24.0 Å². The Morgan fingerprint density at radius 3 is 2.94 bits per heavy atom. The minimum Gasteiger partial charge on any atom is -0.329 e. The molecule has 0 saturated heterocycles. The fraction of sp³-hybridized carbons (Fsp3) is 0.538. The number of halogens is 1. The molecule has 2 rings (SSSR count). The molecule has 1 aromatic rings. The summed E-state index contributed by atoms with van der Waals surface area (Å²) in [6.45, 7) is 0.534. The van der Waals surface area contributed by atoms with Crippen molar-refractivity contribution in [3.05, 3.63) is 35.1 Å². The number of hydrogen-bond donors (Lipinski definition) is 2. The first-order valence-electron chi connectivity index (χ1n) is 5.92. The predicted octanol–water partition coefficient (Wildman–Crippen LogP) is 1.61. The molecule has 3 heteroatoms. The lowest BCUT2D eigenvalue weighted by Gasteiger charge is -2.26. The van der Waals surface area contributed by atoms with E-state index in [1.807, 2.05) is 6.07 Å². The van der Waals surface area contributed by atoms with Crippen LogP contribution in [0.4, 0.5) is 4.39 Å². The van der Waals surface area contributed by atoms with Crippen molar-refractivity contribution in [3.63, 3.8) is 0 Å². The Bertz CT molecular complexity index is 365. The molecule has 0 fully saturated rings. The zero-order chi connectivity index (χ0) is 11.5. The van der Waals surface area contributed by atoms with E-state index in [2.05, 4.69) is 0 Å². The van der Waals surface area contributed by atoms with Gasteiger partial charge in [0.1, 0.15) is 5.82 Å². The van der Waals surface area contributed by atoms with Crippen LogP contribution in [-0.2, 0) is 12.8 Å². The van der Waals surface area contributed by atoms with Crippen molar-refractivity contribution in [3.8, 4) is 0 Å². The molecule has 2 unspecified atom stereocenters. The van der Waals surface area contributed by atoms with Gasteiger partial charge in [-0.3, -0.25) is 0 Å². The molecule has 0 aliphatic heterocycles. The average molecular weight is 222 g/mol. The van der Waals surface area contributed by atoms with Crippen molar-refractivity contribution in [1.82, 2.24) is 0 Å². The maximum atomic E-state index is 13.1. The summed E-state index contributed by atoms with van der Waals surface area (Å²) in [4.78, 5) is 0. The Morgan fingerprint density at radius 1 is 1.38 bits per heavy atom. The molecule has 0 saturated carbocycles. The number of nitrogens with two attached hydrogens (primary N) is 2. The summed E-state index contributed by atoms with van der Waals surface area (Å²) in [5.41, 5.74) is 13.8. The molecule has 16 heavy (non-hydrogen) atoms. The van der Waals surface area contributed by atoms with Crippen molar-refractivity contribution in [2.75, 3.05) is 6.54 Å². The molecule has 0 amide bonds. The molecule has 0 aromatic heterocycles. The van der Waals surface area contributed by atoms with Crippen LogP contribution < -0.4 is 11.5 Å². The van der Waals surface area contributed by atoms with Crippen LogP contribution in [0.15, 0.2) is 18.2 Å². The highest BCUT2D eigenvalue weighted by molar-refractivity contribution is 5.30.